The van der Waals surface area contributed by atoms with Crippen molar-refractivity contribution in [3.05, 3.63) is 17.1 Å². The standard InChI is InChI=1S/C7H7NO2S/c9-7(10)6-1-5(6)4-2-8-11-3-4/h2-3,5-6H,1H2,(H,9,10). The van der Waals surface area contributed by atoms with E-state index in [9.17, 15) is 4.79 Å². The maximum Gasteiger partial charge on any atom is 0.307 e. The number of carboxylic acids is 1. The van der Waals surface area contributed by atoms with Crippen LogP contribution >= 0.6 is 11.5 Å². The lowest BCUT2D eigenvalue weighted by Crippen LogP contribution is -1.98. The third kappa shape index (κ3) is 1.14. The van der Waals surface area contributed by atoms with E-state index < -0.39 is 5.97 Å². The van der Waals surface area contributed by atoms with E-state index >= 15 is 0 Å². The van der Waals surface area contributed by atoms with Gasteiger partial charge < -0.3 is 5.11 Å². The normalized spacial score (nSPS) is 28.4. The van der Waals surface area contributed by atoms with Gasteiger partial charge in [0.2, 0.25) is 0 Å². The maximum atomic E-state index is 10.5. The molecule has 0 aliphatic heterocycles. The van der Waals surface area contributed by atoms with Crippen LogP contribution in [0.2, 0.25) is 0 Å². The fourth-order valence-electron chi connectivity index (χ4n) is 1.23. The second kappa shape index (κ2) is 2.30. The quantitative estimate of drug-likeness (QED) is 0.726. The van der Waals surface area contributed by atoms with E-state index in [0.29, 0.717) is 0 Å². The third-order valence-electron chi connectivity index (χ3n) is 1.99. The van der Waals surface area contributed by atoms with Crippen molar-refractivity contribution in [2.45, 2.75) is 12.3 Å². The molecule has 1 aromatic rings. The van der Waals surface area contributed by atoms with Gasteiger partial charge in [-0.05, 0) is 23.5 Å². The Bertz CT molecular complexity index is 270. The van der Waals surface area contributed by atoms with Crippen LogP contribution in [0.4, 0.5) is 0 Å². The Morgan fingerprint density at radius 2 is 2.64 bits per heavy atom. The van der Waals surface area contributed by atoms with Crippen molar-refractivity contribution in [3.63, 3.8) is 0 Å². The van der Waals surface area contributed by atoms with Crippen LogP contribution in [-0.2, 0) is 4.79 Å². The van der Waals surface area contributed by atoms with Crippen LogP contribution in [0.3, 0.4) is 0 Å². The van der Waals surface area contributed by atoms with E-state index in [1.165, 1.54) is 11.5 Å². The highest BCUT2D eigenvalue weighted by molar-refractivity contribution is 7.03. The summed E-state index contributed by atoms with van der Waals surface area (Å²) in [6.45, 7) is 0. The number of rotatable bonds is 2. The molecule has 0 radical (unpaired) electrons. The highest BCUT2D eigenvalue weighted by Gasteiger charge is 2.44. The Hall–Kier alpha value is -0.900. The molecule has 58 valence electrons. The number of carboxylic acid groups (broad SMARTS) is 1. The molecule has 1 aliphatic rings. The van der Waals surface area contributed by atoms with Gasteiger partial charge in [-0.25, -0.2) is 4.37 Å². The summed E-state index contributed by atoms with van der Waals surface area (Å²) in [4.78, 5) is 10.5. The minimum absolute atomic E-state index is 0.147. The number of hydrogen-bond donors (Lipinski definition) is 1. The summed E-state index contributed by atoms with van der Waals surface area (Å²) in [7, 11) is 0. The Balaban J connectivity index is 2.08. The lowest BCUT2D eigenvalue weighted by atomic mass is 10.2. The lowest BCUT2D eigenvalue weighted by molar-refractivity contribution is -0.138. The molecule has 2 rings (SSSR count). The zero-order valence-corrected chi connectivity index (χ0v) is 6.54. The van der Waals surface area contributed by atoms with Crippen LogP contribution in [0.25, 0.3) is 0 Å². The molecule has 11 heavy (non-hydrogen) atoms. The summed E-state index contributed by atoms with van der Waals surface area (Å²) in [5.74, 6) is -0.584. The summed E-state index contributed by atoms with van der Waals surface area (Å²) >= 11 is 1.38. The summed E-state index contributed by atoms with van der Waals surface area (Å²) in [6.07, 6.45) is 2.55. The minimum atomic E-state index is -0.679. The van der Waals surface area contributed by atoms with Gasteiger partial charge in [-0.3, -0.25) is 4.79 Å². The molecule has 1 heterocycles. The molecule has 1 fully saturated rings. The molecule has 0 aromatic carbocycles. The Morgan fingerprint density at radius 3 is 3.09 bits per heavy atom. The average Bonchev–Trinajstić information content (AvgIpc) is 2.60. The van der Waals surface area contributed by atoms with E-state index in [-0.39, 0.29) is 11.8 Å². The number of hydrogen-bond acceptors (Lipinski definition) is 3. The van der Waals surface area contributed by atoms with Crippen LogP contribution < -0.4 is 0 Å². The first-order valence-electron chi connectivity index (χ1n) is 3.41. The molecule has 0 amide bonds. The first-order valence-corrected chi connectivity index (χ1v) is 4.25. The summed E-state index contributed by atoms with van der Waals surface area (Å²) in [6, 6.07) is 0. The van der Waals surface area contributed by atoms with Gasteiger partial charge in [-0.2, -0.15) is 0 Å². The largest absolute Gasteiger partial charge is 0.481 e. The van der Waals surface area contributed by atoms with Crippen molar-refractivity contribution >= 4 is 17.5 Å². The van der Waals surface area contributed by atoms with Gasteiger partial charge in [0.25, 0.3) is 0 Å². The molecule has 1 N–H and O–H groups in total. The molecule has 0 bridgehead atoms. The van der Waals surface area contributed by atoms with Crippen LogP contribution in [0.1, 0.15) is 17.9 Å². The minimum Gasteiger partial charge on any atom is -0.481 e. The van der Waals surface area contributed by atoms with Crippen LogP contribution in [0, 0.1) is 5.92 Å². The lowest BCUT2D eigenvalue weighted by Gasteiger charge is -1.88. The van der Waals surface area contributed by atoms with Crippen molar-refractivity contribution in [1.29, 1.82) is 0 Å². The summed E-state index contributed by atoms with van der Waals surface area (Å²) < 4.78 is 3.93. The average molecular weight is 169 g/mol. The summed E-state index contributed by atoms with van der Waals surface area (Å²) in [5, 5.41) is 10.5. The molecule has 3 nitrogen and oxygen atoms in total. The number of nitrogens with zero attached hydrogens (tertiary/aromatic N) is 1. The van der Waals surface area contributed by atoms with E-state index in [1.807, 2.05) is 5.38 Å². The fourth-order valence-corrected chi connectivity index (χ4v) is 1.83. The third-order valence-corrected chi connectivity index (χ3v) is 2.59. The molecular weight excluding hydrogens is 162 g/mol. The van der Waals surface area contributed by atoms with Crippen LogP contribution in [0.5, 0.6) is 0 Å². The number of carbonyl (C=O) groups is 1. The number of aromatic nitrogens is 1. The molecule has 1 aromatic heterocycles. The van der Waals surface area contributed by atoms with E-state index in [1.54, 1.807) is 6.20 Å². The molecule has 2 atom stereocenters. The maximum absolute atomic E-state index is 10.5. The van der Waals surface area contributed by atoms with Crippen LogP contribution in [-0.4, -0.2) is 15.4 Å². The van der Waals surface area contributed by atoms with Gasteiger partial charge >= 0.3 is 5.97 Å². The van der Waals surface area contributed by atoms with Gasteiger partial charge in [0.05, 0.1) is 5.92 Å². The monoisotopic (exact) mass is 169 g/mol. The molecule has 1 saturated carbocycles. The zero-order chi connectivity index (χ0) is 7.84. The highest BCUT2D eigenvalue weighted by Crippen LogP contribution is 2.47. The van der Waals surface area contributed by atoms with E-state index in [2.05, 4.69) is 4.37 Å². The van der Waals surface area contributed by atoms with Gasteiger partial charge in [-0.15, -0.1) is 0 Å². The van der Waals surface area contributed by atoms with Gasteiger partial charge in [0.15, 0.2) is 0 Å². The van der Waals surface area contributed by atoms with Gasteiger partial charge in [-0.1, -0.05) is 0 Å². The predicted molar refractivity (Wildman–Crippen MR) is 40.6 cm³/mol. The Labute approximate surface area is 67.8 Å². The topological polar surface area (TPSA) is 50.2 Å². The highest BCUT2D eigenvalue weighted by atomic mass is 32.1. The van der Waals surface area contributed by atoms with E-state index in [4.69, 9.17) is 5.11 Å². The molecule has 0 saturated heterocycles. The smallest absolute Gasteiger partial charge is 0.307 e. The van der Waals surface area contributed by atoms with Crippen LogP contribution in [0.15, 0.2) is 11.6 Å². The number of aliphatic carboxylic acids is 1. The molecule has 0 spiro atoms. The predicted octanol–water partition coefficient (Wildman–Crippen LogP) is 1.33. The van der Waals surface area contributed by atoms with E-state index in [0.717, 1.165) is 12.0 Å². The molecule has 1 aliphatic carbocycles. The van der Waals surface area contributed by atoms with Crippen molar-refractivity contribution in [2.75, 3.05) is 0 Å². The Kier molecular flexibility index (Phi) is 1.42. The van der Waals surface area contributed by atoms with Crippen molar-refractivity contribution in [1.82, 2.24) is 4.37 Å². The van der Waals surface area contributed by atoms with Gasteiger partial charge in [0, 0.05) is 17.5 Å². The molecular formula is C7H7NO2S. The van der Waals surface area contributed by atoms with Crippen molar-refractivity contribution < 1.29 is 9.90 Å². The van der Waals surface area contributed by atoms with Gasteiger partial charge in [0.1, 0.15) is 0 Å². The first-order chi connectivity index (χ1) is 5.29. The van der Waals surface area contributed by atoms with Crippen molar-refractivity contribution in [3.8, 4) is 0 Å². The van der Waals surface area contributed by atoms with Crippen molar-refractivity contribution in [2.24, 2.45) is 5.92 Å². The molecule has 4 heteroatoms. The fraction of sp³-hybridized carbons (Fsp3) is 0.429. The SMILES string of the molecule is O=C(O)C1CC1c1cnsc1. The second-order valence-corrected chi connectivity index (χ2v) is 3.40. The summed E-state index contributed by atoms with van der Waals surface area (Å²) in [5.41, 5.74) is 1.09. The Morgan fingerprint density at radius 1 is 1.82 bits per heavy atom. The first kappa shape index (κ1) is 6.79. The second-order valence-electron chi connectivity index (χ2n) is 2.74. The zero-order valence-electron chi connectivity index (χ0n) is 5.73. The molecule has 2 unspecified atom stereocenters.